The minimum Gasteiger partial charge on any atom is -0.480 e. The highest BCUT2D eigenvalue weighted by atomic mass is 16.4. The molecular formula is C10H25N4O2+. The smallest absolute Gasteiger partial charge is 0.320 e. The molecule has 0 aliphatic rings. The maximum Gasteiger partial charge on any atom is 0.320 e. The minimum absolute atomic E-state index is 0.498. The van der Waals surface area contributed by atoms with Crippen molar-refractivity contribution in [3.05, 3.63) is 0 Å². The van der Waals surface area contributed by atoms with Crippen molar-refractivity contribution < 1.29 is 14.4 Å². The third kappa shape index (κ3) is 6.02. The van der Waals surface area contributed by atoms with Gasteiger partial charge in [0, 0.05) is 13.1 Å². The fraction of sp³-hybridized carbons (Fsp3) is 0.900. The van der Waals surface area contributed by atoms with Crippen LogP contribution in [0.4, 0.5) is 0 Å². The number of rotatable bonds is 9. The number of likely N-dealkylation sites (N-methyl/N-ethyl adjacent to an activating group) is 1. The predicted molar refractivity (Wildman–Crippen MR) is 63.7 cm³/mol. The second-order valence-electron chi connectivity index (χ2n) is 4.45. The second kappa shape index (κ2) is 7.56. The number of carboxylic acids is 1. The zero-order valence-corrected chi connectivity index (χ0v) is 10.1. The van der Waals surface area contributed by atoms with Gasteiger partial charge in [-0.25, -0.2) is 0 Å². The second-order valence-corrected chi connectivity index (χ2v) is 4.45. The van der Waals surface area contributed by atoms with Gasteiger partial charge in [0.2, 0.25) is 0 Å². The molecule has 6 nitrogen and oxygen atoms in total. The molecule has 0 aromatic carbocycles. The number of carboxylic acid groups (broad SMARTS) is 1. The summed E-state index contributed by atoms with van der Waals surface area (Å²) in [7, 11) is 2.09. The van der Waals surface area contributed by atoms with Crippen molar-refractivity contribution >= 4 is 5.97 Å². The molecule has 0 aliphatic heterocycles. The Kier molecular flexibility index (Phi) is 7.24. The third-order valence-electron chi connectivity index (χ3n) is 2.87. The lowest BCUT2D eigenvalue weighted by Crippen LogP contribution is -2.51. The van der Waals surface area contributed by atoms with Gasteiger partial charge in [-0.1, -0.05) is 0 Å². The molecule has 6 heteroatoms. The molecule has 0 rings (SSSR count). The summed E-state index contributed by atoms with van der Waals surface area (Å²) in [6, 6.07) is -0.760. The van der Waals surface area contributed by atoms with Gasteiger partial charge in [0.05, 0.1) is 26.7 Å². The largest absolute Gasteiger partial charge is 0.480 e. The van der Waals surface area contributed by atoms with Crippen LogP contribution in [-0.2, 0) is 4.79 Å². The van der Waals surface area contributed by atoms with Crippen molar-refractivity contribution in [1.29, 1.82) is 0 Å². The summed E-state index contributed by atoms with van der Waals surface area (Å²) in [6.45, 7) is 3.82. The first-order valence-electron chi connectivity index (χ1n) is 5.67. The summed E-state index contributed by atoms with van der Waals surface area (Å²) in [5.74, 6) is -0.938. The van der Waals surface area contributed by atoms with Crippen LogP contribution in [0.1, 0.15) is 12.8 Å². The topological polar surface area (TPSA) is 115 Å². The summed E-state index contributed by atoms with van der Waals surface area (Å²) in [5, 5.41) is 8.65. The fourth-order valence-electron chi connectivity index (χ4n) is 1.78. The Hall–Kier alpha value is -0.690. The van der Waals surface area contributed by atoms with E-state index in [4.69, 9.17) is 22.3 Å². The lowest BCUT2D eigenvalue weighted by atomic mass is 10.1. The zero-order valence-electron chi connectivity index (χ0n) is 10.1. The van der Waals surface area contributed by atoms with Crippen molar-refractivity contribution in [2.45, 2.75) is 18.9 Å². The van der Waals surface area contributed by atoms with Crippen LogP contribution in [0.25, 0.3) is 0 Å². The van der Waals surface area contributed by atoms with E-state index in [0.29, 0.717) is 19.5 Å². The highest BCUT2D eigenvalue weighted by molar-refractivity contribution is 5.72. The summed E-state index contributed by atoms with van der Waals surface area (Å²) in [5.41, 5.74) is 16.5. The van der Waals surface area contributed by atoms with Gasteiger partial charge in [0.25, 0.3) is 0 Å². The number of hydrogen-bond donors (Lipinski definition) is 4. The van der Waals surface area contributed by atoms with Gasteiger partial charge in [0.1, 0.15) is 6.04 Å². The minimum atomic E-state index is -0.938. The van der Waals surface area contributed by atoms with Crippen molar-refractivity contribution in [1.82, 2.24) is 0 Å². The molecule has 0 aliphatic carbocycles. The van der Waals surface area contributed by atoms with Crippen molar-refractivity contribution in [2.75, 3.05) is 39.8 Å². The lowest BCUT2D eigenvalue weighted by molar-refractivity contribution is -0.907. The van der Waals surface area contributed by atoms with E-state index in [2.05, 4.69) is 7.05 Å². The van der Waals surface area contributed by atoms with Gasteiger partial charge < -0.3 is 26.8 Å². The van der Waals surface area contributed by atoms with Gasteiger partial charge in [-0.05, 0) is 12.8 Å². The van der Waals surface area contributed by atoms with E-state index in [0.717, 1.165) is 30.5 Å². The highest BCUT2D eigenvalue weighted by Gasteiger charge is 2.20. The third-order valence-corrected chi connectivity index (χ3v) is 2.87. The van der Waals surface area contributed by atoms with E-state index in [-0.39, 0.29) is 0 Å². The fourth-order valence-corrected chi connectivity index (χ4v) is 1.78. The predicted octanol–water partition coefficient (Wildman–Crippen LogP) is -1.46. The maximum atomic E-state index is 10.5. The number of aliphatic carboxylic acids is 1. The number of hydrogen-bond acceptors (Lipinski definition) is 4. The molecule has 0 aromatic rings. The molecule has 0 spiro atoms. The lowest BCUT2D eigenvalue weighted by Gasteiger charge is -2.34. The maximum absolute atomic E-state index is 10.5. The molecule has 16 heavy (non-hydrogen) atoms. The Bertz CT molecular complexity index is 205. The molecular weight excluding hydrogens is 208 g/mol. The number of quaternary nitrogens is 1. The zero-order chi connectivity index (χ0) is 12.6. The molecule has 0 unspecified atom stereocenters. The standard InChI is InChI=1S/C10H24N4O2/c1-14(7-4-11,8-5-12)6-2-3-9(13)10(15)16/h9H,2-8,11-13H2,1H3/p+1/t9-/m0/s1. The van der Waals surface area contributed by atoms with E-state index in [1.807, 2.05) is 0 Å². The van der Waals surface area contributed by atoms with Crippen LogP contribution in [0.15, 0.2) is 0 Å². The summed E-state index contributed by atoms with van der Waals surface area (Å²) in [4.78, 5) is 10.5. The quantitative estimate of drug-likeness (QED) is 0.363. The Labute approximate surface area is 97.0 Å². The number of nitrogens with zero attached hydrogens (tertiary/aromatic N) is 1. The van der Waals surface area contributed by atoms with Crippen molar-refractivity contribution in [3.63, 3.8) is 0 Å². The number of carbonyl (C=O) groups is 1. The Morgan fingerprint density at radius 3 is 2.12 bits per heavy atom. The molecule has 96 valence electrons. The molecule has 7 N–H and O–H groups in total. The monoisotopic (exact) mass is 233 g/mol. The molecule has 1 atom stereocenters. The van der Waals surface area contributed by atoms with Crippen LogP contribution < -0.4 is 17.2 Å². The first-order valence-corrected chi connectivity index (χ1v) is 5.67. The molecule has 0 bridgehead atoms. The van der Waals surface area contributed by atoms with Gasteiger partial charge in [-0.2, -0.15) is 0 Å². The van der Waals surface area contributed by atoms with Gasteiger partial charge in [-0.15, -0.1) is 0 Å². The van der Waals surface area contributed by atoms with E-state index < -0.39 is 12.0 Å². The molecule has 0 aromatic heterocycles. The normalized spacial score (nSPS) is 13.8. The molecule has 0 saturated heterocycles. The van der Waals surface area contributed by atoms with Crippen LogP contribution in [-0.4, -0.2) is 61.4 Å². The number of nitrogens with two attached hydrogens (primary N) is 3. The van der Waals surface area contributed by atoms with Gasteiger partial charge in [-0.3, -0.25) is 4.79 Å². The van der Waals surface area contributed by atoms with Gasteiger partial charge in [0.15, 0.2) is 0 Å². The Morgan fingerprint density at radius 1 is 1.25 bits per heavy atom. The van der Waals surface area contributed by atoms with Crippen LogP contribution in [0.3, 0.4) is 0 Å². The molecule has 0 heterocycles. The summed E-state index contributed by atoms with van der Waals surface area (Å²) < 4.78 is 0.791. The molecule has 0 saturated carbocycles. The first kappa shape index (κ1) is 15.3. The molecule has 0 amide bonds. The van der Waals surface area contributed by atoms with Crippen molar-refractivity contribution in [3.8, 4) is 0 Å². The van der Waals surface area contributed by atoms with E-state index in [1.54, 1.807) is 0 Å². The summed E-state index contributed by atoms with van der Waals surface area (Å²) >= 11 is 0. The molecule has 0 radical (unpaired) electrons. The van der Waals surface area contributed by atoms with E-state index >= 15 is 0 Å². The van der Waals surface area contributed by atoms with Crippen LogP contribution >= 0.6 is 0 Å². The van der Waals surface area contributed by atoms with Crippen LogP contribution in [0, 0.1) is 0 Å². The summed E-state index contributed by atoms with van der Waals surface area (Å²) in [6.07, 6.45) is 1.28. The van der Waals surface area contributed by atoms with E-state index in [9.17, 15) is 4.79 Å². The SMILES string of the molecule is C[N+](CCN)(CCN)CCC[C@H](N)C(=O)O. The first-order chi connectivity index (χ1) is 7.45. The van der Waals surface area contributed by atoms with Crippen molar-refractivity contribution in [2.24, 2.45) is 17.2 Å². The van der Waals surface area contributed by atoms with Crippen LogP contribution in [0.2, 0.25) is 0 Å². The van der Waals surface area contributed by atoms with Gasteiger partial charge >= 0.3 is 5.97 Å². The highest BCUT2D eigenvalue weighted by Crippen LogP contribution is 2.05. The Morgan fingerprint density at radius 2 is 1.75 bits per heavy atom. The van der Waals surface area contributed by atoms with E-state index in [1.165, 1.54) is 0 Å². The van der Waals surface area contributed by atoms with Crippen LogP contribution in [0.5, 0.6) is 0 Å². The average molecular weight is 233 g/mol. The molecule has 0 fully saturated rings. The average Bonchev–Trinajstić information content (AvgIpc) is 2.17. The Balaban J connectivity index is 3.97.